The zero-order valence-electron chi connectivity index (χ0n) is 15.8. The van der Waals surface area contributed by atoms with E-state index in [0.717, 1.165) is 6.42 Å². The number of aromatic nitrogens is 3. The molecule has 0 radical (unpaired) electrons. The molecule has 0 aliphatic rings. The van der Waals surface area contributed by atoms with E-state index < -0.39 is 11.9 Å². The van der Waals surface area contributed by atoms with Crippen LogP contribution in [0, 0.1) is 0 Å². The number of fused-ring (bicyclic) bond motifs is 1. The van der Waals surface area contributed by atoms with Gasteiger partial charge in [0.2, 0.25) is 5.95 Å². The molecule has 30 heavy (non-hydrogen) atoms. The number of aromatic amines is 1. The van der Waals surface area contributed by atoms with E-state index in [4.69, 9.17) is 4.74 Å². The molecule has 150 valence electrons. The number of hydrogen-bond acceptors (Lipinski definition) is 5. The molecule has 0 saturated heterocycles. The van der Waals surface area contributed by atoms with Crippen LogP contribution < -0.4 is 10.1 Å². The van der Waals surface area contributed by atoms with Crippen LogP contribution >= 0.6 is 0 Å². The molecule has 4 aromatic rings. The highest BCUT2D eigenvalue weighted by molar-refractivity contribution is 6.04. The molecule has 2 heterocycles. The van der Waals surface area contributed by atoms with Crippen LogP contribution in [0.2, 0.25) is 0 Å². The molecule has 4 rings (SSSR count). The molecule has 0 fully saturated rings. The zero-order valence-corrected chi connectivity index (χ0v) is 15.8. The summed E-state index contributed by atoms with van der Waals surface area (Å²) in [6.45, 7) is 0.502. The molecule has 0 bridgehead atoms. The topological polar surface area (TPSA) is 117 Å². The van der Waals surface area contributed by atoms with Gasteiger partial charge in [-0.2, -0.15) is 0 Å². The van der Waals surface area contributed by atoms with E-state index in [1.165, 1.54) is 17.8 Å². The summed E-state index contributed by atoms with van der Waals surface area (Å²) in [4.78, 5) is 34.9. The SMILES string of the molecule is O=C(Nc1nc2c(C(=O)O)cccc2[nH]1)c1ccc(OCCc2ccccc2)cn1. The molecular formula is C22H18N4O4. The van der Waals surface area contributed by atoms with E-state index >= 15 is 0 Å². The van der Waals surface area contributed by atoms with Crippen LogP contribution in [0.4, 0.5) is 5.95 Å². The predicted molar refractivity (Wildman–Crippen MR) is 111 cm³/mol. The van der Waals surface area contributed by atoms with Gasteiger partial charge in [-0.05, 0) is 29.8 Å². The highest BCUT2D eigenvalue weighted by atomic mass is 16.5. The van der Waals surface area contributed by atoms with Gasteiger partial charge in [0.1, 0.15) is 17.0 Å². The summed E-state index contributed by atoms with van der Waals surface area (Å²) in [7, 11) is 0. The van der Waals surface area contributed by atoms with Gasteiger partial charge in [-0.15, -0.1) is 0 Å². The molecule has 2 aromatic heterocycles. The number of carbonyl (C=O) groups excluding carboxylic acids is 1. The highest BCUT2D eigenvalue weighted by Crippen LogP contribution is 2.19. The smallest absolute Gasteiger partial charge is 0.337 e. The summed E-state index contributed by atoms with van der Waals surface area (Å²) in [5.74, 6) is -0.845. The first-order valence-electron chi connectivity index (χ1n) is 9.26. The molecule has 0 saturated carbocycles. The lowest BCUT2D eigenvalue weighted by atomic mass is 10.2. The number of para-hydroxylation sites is 1. The van der Waals surface area contributed by atoms with E-state index in [1.54, 1.807) is 24.3 Å². The van der Waals surface area contributed by atoms with Gasteiger partial charge in [0.05, 0.1) is 23.9 Å². The number of nitrogens with zero attached hydrogens (tertiary/aromatic N) is 2. The van der Waals surface area contributed by atoms with Gasteiger partial charge < -0.3 is 14.8 Å². The normalized spacial score (nSPS) is 10.7. The average molecular weight is 402 g/mol. The van der Waals surface area contributed by atoms with Crippen LogP contribution in [0.5, 0.6) is 5.75 Å². The molecule has 8 heteroatoms. The number of H-pyrrole nitrogens is 1. The van der Waals surface area contributed by atoms with Crippen molar-refractivity contribution >= 4 is 28.9 Å². The summed E-state index contributed by atoms with van der Waals surface area (Å²) < 4.78 is 5.67. The van der Waals surface area contributed by atoms with Crippen LogP contribution in [0.1, 0.15) is 26.4 Å². The van der Waals surface area contributed by atoms with Crippen molar-refractivity contribution in [1.29, 1.82) is 0 Å². The van der Waals surface area contributed by atoms with Gasteiger partial charge in [0, 0.05) is 6.42 Å². The summed E-state index contributed by atoms with van der Waals surface area (Å²) >= 11 is 0. The minimum Gasteiger partial charge on any atom is -0.492 e. The minimum atomic E-state index is -1.09. The molecule has 3 N–H and O–H groups in total. The van der Waals surface area contributed by atoms with Crippen LogP contribution in [0.25, 0.3) is 11.0 Å². The van der Waals surface area contributed by atoms with Crippen LogP contribution in [0.15, 0.2) is 66.9 Å². The number of nitrogens with one attached hydrogen (secondary N) is 2. The maximum absolute atomic E-state index is 12.4. The van der Waals surface area contributed by atoms with Crippen LogP contribution in [0.3, 0.4) is 0 Å². The number of anilines is 1. The van der Waals surface area contributed by atoms with Crippen molar-refractivity contribution in [3.63, 3.8) is 0 Å². The third-order valence-corrected chi connectivity index (χ3v) is 4.45. The first-order valence-corrected chi connectivity index (χ1v) is 9.26. The Morgan fingerprint density at radius 3 is 2.60 bits per heavy atom. The Hall–Kier alpha value is -4.20. The maximum atomic E-state index is 12.4. The predicted octanol–water partition coefficient (Wildman–Crippen LogP) is 3.53. The summed E-state index contributed by atoms with van der Waals surface area (Å²) in [6.07, 6.45) is 2.26. The van der Waals surface area contributed by atoms with Crippen molar-refractivity contribution in [2.75, 3.05) is 11.9 Å². The number of aromatic carboxylic acids is 1. The zero-order chi connectivity index (χ0) is 20.9. The number of ether oxygens (including phenoxy) is 1. The lowest BCUT2D eigenvalue weighted by molar-refractivity contribution is 0.0698. The number of carboxylic acid groups (broad SMARTS) is 1. The van der Waals surface area contributed by atoms with Crippen molar-refractivity contribution in [1.82, 2.24) is 15.0 Å². The van der Waals surface area contributed by atoms with E-state index in [2.05, 4.69) is 20.3 Å². The fraction of sp³-hybridized carbons (Fsp3) is 0.0909. The second-order valence-corrected chi connectivity index (χ2v) is 6.51. The van der Waals surface area contributed by atoms with Gasteiger partial charge in [-0.3, -0.25) is 10.1 Å². The van der Waals surface area contributed by atoms with Crippen LogP contribution in [-0.2, 0) is 6.42 Å². The van der Waals surface area contributed by atoms with E-state index in [-0.39, 0.29) is 22.7 Å². The Balaban J connectivity index is 1.38. The number of pyridine rings is 1. The molecule has 8 nitrogen and oxygen atoms in total. The highest BCUT2D eigenvalue weighted by Gasteiger charge is 2.15. The standard InChI is InChI=1S/C22H18N4O4/c27-20(26-22-24-17-8-4-7-16(21(28)29)19(17)25-22)18-10-9-15(13-23-18)30-12-11-14-5-2-1-3-6-14/h1-10,13H,11-12H2,(H,28,29)(H2,24,25,26,27). The number of hydrogen-bond donors (Lipinski definition) is 3. The Kier molecular flexibility index (Phi) is 5.38. The fourth-order valence-corrected chi connectivity index (χ4v) is 2.97. The van der Waals surface area contributed by atoms with Gasteiger partial charge in [0.25, 0.3) is 5.91 Å². The number of rotatable bonds is 7. The Morgan fingerprint density at radius 1 is 1.03 bits per heavy atom. The molecule has 0 spiro atoms. The molecule has 0 aliphatic carbocycles. The Labute approximate surface area is 171 Å². The lowest BCUT2D eigenvalue weighted by Crippen LogP contribution is -2.14. The molecular weight excluding hydrogens is 384 g/mol. The summed E-state index contributed by atoms with van der Waals surface area (Å²) in [5.41, 5.74) is 2.21. The summed E-state index contributed by atoms with van der Waals surface area (Å²) in [5, 5.41) is 11.8. The van der Waals surface area contributed by atoms with E-state index in [1.807, 2.05) is 30.3 Å². The maximum Gasteiger partial charge on any atom is 0.337 e. The van der Waals surface area contributed by atoms with Crippen molar-refractivity contribution in [2.45, 2.75) is 6.42 Å². The lowest BCUT2D eigenvalue weighted by Gasteiger charge is -2.07. The van der Waals surface area contributed by atoms with E-state index in [0.29, 0.717) is 17.9 Å². The molecule has 1 amide bonds. The third-order valence-electron chi connectivity index (χ3n) is 4.45. The molecule has 0 aliphatic heterocycles. The van der Waals surface area contributed by atoms with Crippen molar-refractivity contribution in [2.24, 2.45) is 0 Å². The number of carboxylic acids is 1. The molecule has 0 unspecified atom stereocenters. The third kappa shape index (κ3) is 4.27. The first kappa shape index (κ1) is 19.1. The van der Waals surface area contributed by atoms with Crippen molar-refractivity contribution in [3.8, 4) is 5.75 Å². The molecule has 0 atom stereocenters. The molecule has 2 aromatic carbocycles. The van der Waals surface area contributed by atoms with E-state index in [9.17, 15) is 14.7 Å². The van der Waals surface area contributed by atoms with Gasteiger partial charge in [-0.25, -0.2) is 14.8 Å². The van der Waals surface area contributed by atoms with Gasteiger partial charge >= 0.3 is 5.97 Å². The quantitative estimate of drug-likeness (QED) is 0.435. The number of amides is 1. The first-order chi connectivity index (χ1) is 14.6. The number of imidazole rings is 1. The Bertz CT molecular complexity index is 1190. The average Bonchev–Trinajstić information content (AvgIpc) is 3.17. The largest absolute Gasteiger partial charge is 0.492 e. The second kappa shape index (κ2) is 8.44. The Morgan fingerprint density at radius 2 is 1.87 bits per heavy atom. The summed E-state index contributed by atoms with van der Waals surface area (Å²) in [6, 6.07) is 18.0. The second-order valence-electron chi connectivity index (χ2n) is 6.51. The van der Waals surface area contributed by atoms with Crippen LogP contribution in [-0.4, -0.2) is 38.5 Å². The van der Waals surface area contributed by atoms with Crippen molar-refractivity contribution < 1.29 is 19.4 Å². The number of benzene rings is 2. The number of carbonyl (C=O) groups is 2. The fourth-order valence-electron chi connectivity index (χ4n) is 2.97. The van der Waals surface area contributed by atoms with Gasteiger partial charge in [-0.1, -0.05) is 36.4 Å². The van der Waals surface area contributed by atoms with Gasteiger partial charge in [0.15, 0.2) is 0 Å². The monoisotopic (exact) mass is 402 g/mol. The minimum absolute atomic E-state index is 0.0550. The van der Waals surface area contributed by atoms with Crippen molar-refractivity contribution in [3.05, 3.63) is 83.7 Å².